The highest BCUT2D eigenvalue weighted by Gasteiger charge is 2.44. The molecule has 1 saturated carbocycles. The molecule has 6 rings (SSSR count). The van der Waals surface area contributed by atoms with Crippen LogP contribution >= 0.6 is 23.4 Å². The maximum absolute atomic E-state index is 11.5. The third-order valence-corrected chi connectivity index (χ3v) is 11.0. The lowest BCUT2D eigenvalue weighted by Gasteiger charge is -2.24. The summed E-state index contributed by atoms with van der Waals surface area (Å²) < 4.78 is 0. The number of aryl methyl sites for hydroxylation is 1. The van der Waals surface area contributed by atoms with Gasteiger partial charge >= 0.3 is 5.97 Å². The number of aliphatic carboxylic acids is 1. The first-order chi connectivity index (χ1) is 24.0. The smallest absolute Gasteiger partial charge is 0.303 e. The van der Waals surface area contributed by atoms with Crippen molar-refractivity contribution in [1.29, 1.82) is 0 Å². The fourth-order valence-corrected chi connectivity index (χ4v) is 7.91. The van der Waals surface area contributed by atoms with Crippen molar-refractivity contribution in [2.45, 2.75) is 63.2 Å². The quantitative estimate of drug-likeness (QED) is 0.106. The van der Waals surface area contributed by atoms with Gasteiger partial charge in [0, 0.05) is 21.4 Å². The van der Waals surface area contributed by atoms with Crippen molar-refractivity contribution in [3.8, 4) is 0 Å². The molecule has 0 radical (unpaired) electrons. The third kappa shape index (κ3) is 11.0. The van der Waals surface area contributed by atoms with Gasteiger partial charge in [0.1, 0.15) is 0 Å². The Morgan fingerprint density at radius 2 is 1.68 bits per heavy atom. The van der Waals surface area contributed by atoms with Crippen LogP contribution in [0.4, 0.5) is 0 Å². The molecule has 50 heavy (non-hydrogen) atoms. The summed E-state index contributed by atoms with van der Waals surface area (Å²) in [6.45, 7) is 4.40. The van der Waals surface area contributed by atoms with Crippen molar-refractivity contribution >= 4 is 52.4 Å². The Labute approximate surface area is 305 Å². The molecule has 260 valence electrons. The summed E-state index contributed by atoms with van der Waals surface area (Å²) in [4.78, 5) is 16.2. The molecule has 5 nitrogen and oxygen atoms in total. The number of hydrogen-bond acceptors (Lipinski definition) is 5. The fourth-order valence-electron chi connectivity index (χ4n) is 6.17. The average Bonchev–Trinajstić information content (AvgIpc) is 3.86. The zero-order chi connectivity index (χ0) is 35.6. The summed E-state index contributed by atoms with van der Waals surface area (Å²) in [5.41, 5.74) is 11.8. The molecule has 1 fully saturated rings. The molecule has 1 aliphatic rings. The molecule has 4 N–H and O–H groups in total. The Morgan fingerprint density at radius 3 is 2.40 bits per heavy atom. The predicted octanol–water partition coefficient (Wildman–Crippen LogP) is 10.1. The molecule has 5 aromatic rings. The van der Waals surface area contributed by atoms with Gasteiger partial charge in [-0.2, -0.15) is 11.8 Å². The summed E-state index contributed by atoms with van der Waals surface area (Å²) in [6.07, 6.45) is 9.00. The number of benzene rings is 4. The molecule has 0 bridgehead atoms. The minimum absolute atomic E-state index is 0.0814. The number of aliphatic hydroxyl groups is 1. The van der Waals surface area contributed by atoms with Gasteiger partial charge in [-0.15, -0.1) is 0 Å². The first-order valence-electron chi connectivity index (χ1n) is 17.3. The van der Waals surface area contributed by atoms with Gasteiger partial charge in [0.2, 0.25) is 0 Å². The van der Waals surface area contributed by atoms with Crippen LogP contribution in [0.15, 0.2) is 109 Å². The molecule has 0 amide bonds. The van der Waals surface area contributed by atoms with Crippen molar-refractivity contribution in [2.24, 2.45) is 11.1 Å². The fraction of sp³-hybridized carbons (Fsp3) is 0.302. The molecule has 0 aliphatic heterocycles. The highest BCUT2D eigenvalue weighted by molar-refractivity contribution is 7.99. The highest BCUT2D eigenvalue weighted by atomic mass is 35.5. The van der Waals surface area contributed by atoms with E-state index in [9.17, 15) is 15.0 Å². The average molecular weight is 707 g/mol. The Kier molecular flexibility index (Phi) is 12.9. The van der Waals surface area contributed by atoms with Crippen LogP contribution in [-0.2, 0) is 23.2 Å². The number of carboxylic acid groups (broad SMARTS) is 1. The number of fused-ring (bicyclic) bond motifs is 1. The van der Waals surface area contributed by atoms with Crippen LogP contribution in [0.2, 0.25) is 5.02 Å². The number of halogens is 1. The molecule has 0 unspecified atom stereocenters. The Hall–Kier alpha value is -3.94. The Balaban J connectivity index is 0.000000470. The molecule has 1 aromatic heterocycles. The molecule has 7 heteroatoms. The van der Waals surface area contributed by atoms with Gasteiger partial charge < -0.3 is 15.9 Å². The summed E-state index contributed by atoms with van der Waals surface area (Å²) in [7, 11) is 0. The van der Waals surface area contributed by atoms with Gasteiger partial charge in [0.15, 0.2) is 0 Å². The van der Waals surface area contributed by atoms with Crippen molar-refractivity contribution < 1.29 is 15.0 Å². The van der Waals surface area contributed by atoms with E-state index in [1.54, 1.807) is 0 Å². The lowest BCUT2D eigenvalue weighted by molar-refractivity contribution is -0.138. The molecular formula is C43H47ClN2O3S. The summed E-state index contributed by atoms with van der Waals surface area (Å²) in [5.74, 6) is 0.122. The SMILES string of the molecule is CC(C)(O)c1ccccc1CC[C@@H](SCC1(CC(=O)O)CC1)c1cccc(C=Cc2ccc3ccc(Cl)cc3n2)c1.NCCc1ccccc1. The van der Waals surface area contributed by atoms with E-state index < -0.39 is 11.6 Å². The van der Waals surface area contributed by atoms with Crippen molar-refractivity contribution in [3.05, 3.63) is 148 Å². The molecule has 4 aromatic carbocycles. The van der Waals surface area contributed by atoms with E-state index in [1.807, 2.05) is 92.3 Å². The summed E-state index contributed by atoms with van der Waals surface area (Å²) in [5, 5.41) is 22.1. The first-order valence-corrected chi connectivity index (χ1v) is 18.7. The van der Waals surface area contributed by atoms with Gasteiger partial charge in [-0.25, -0.2) is 4.98 Å². The van der Waals surface area contributed by atoms with E-state index in [0.29, 0.717) is 5.02 Å². The number of carbonyl (C=O) groups is 1. The number of aromatic nitrogens is 1. The molecular weight excluding hydrogens is 660 g/mol. The zero-order valence-electron chi connectivity index (χ0n) is 28.9. The van der Waals surface area contributed by atoms with Crippen molar-refractivity contribution in [2.75, 3.05) is 12.3 Å². The third-order valence-electron chi connectivity index (χ3n) is 9.11. The van der Waals surface area contributed by atoms with E-state index >= 15 is 0 Å². The zero-order valence-corrected chi connectivity index (χ0v) is 30.5. The monoisotopic (exact) mass is 706 g/mol. The largest absolute Gasteiger partial charge is 0.481 e. The van der Waals surface area contributed by atoms with Gasteiger partial charge in [-0.05, 0) is 110 Å². The number of thioether (sulfide) groups is 1. The summed E-state index contributed by atoms with van der Waals surface area (Å²) in [6, 6.07) is 36.7. The second-order valence-corrected chi connectivity index (χ2v) is 15.4. The van der Waals surface area contributed by atoms with Gasteiger partial charge in [-0.1, -0.05) is 109 Å². The van der Waals surface area contributed by atoms with E-state index in [4.69, 9.17) is 22.3 Å². The van der Waals surface area contributed by atoms with Crippen molar-refractivity contribution in [3.63, 3.8) is 0 Å². The second kappa shape index (κ2) is 17.3. The molecule has 1 atom stereocenters. The number of pyridine rings is 1. The number of hydrogen-bond donors (Lipinski definition) is 3. The molecule has 0 spiro atoms. The van der Waals surface area contributed by atoms with Gasteiger partial charge in [0.05, 0.1) is 23.2 Å². The van der Waals surface area contributed by atoms with E-state index in [2.05, 4.69) is 54.6 Å². The minimum Gasteiger partial charge on any atom is -0.481 e. The van der Waals surface area contributed by atoms with Crippen LogP contribution in [0.1, 0.15) is 78.3 Å². The lowest BCUT2D eigenvalue weighted by atomic mass is 9.90. The number of rotatable bonds is 14. The van der Waals surface area contributed by atoms with Crippen LogP contribution in [0, 0.1) is 5.41 Å². The number of nitrogens with two attached hydrogens (primary N) is 1. The van der Waals surface area contributed by atoms with Gasteiger partial charge in [0.25, 0.3) is 0 Å². The van der Waals surface area contributed by atoms with Crippen LogP contribution in [-0.4, -0.2) is 33.5 Å². The summed E-state index contributed by atoms with van der Waals surface area (Å²) >= 11 is 8.04. The van der Waals surface area contributed by atoms with E-state index in [-0.39, 0.29) is 17.1 Å². The van der Waals surface area contributed by atoms with E-state index in [0.717, 1.165) is 77.7 Å². The van der Waals surface area contributed by atoms with Gasteiger partial charge in [-0.3, -0.25) is 4.79 Å². The Morgan fingerprint density at radius 1 is 0.940 bits per heavy atom. The highest BCUT2D eigenvalue weighted by Crippen LogP contribution is 2.53. The Bertz CT molecular complexity index is 1900. The number of carboxylic acids is 1. The standard InChI is InChI=1S/C35H36ClNO3S.C8H11N/c1-34(2,40)30-9-4-3-7-25(30)13-17-32(41-23-35(18-19-35)22-33(38)39)27-8-5-6-24(20-27)10-15-29-16-12-26-11-14-28(36)21-31(26)37-29;9-7-6-8-4-2-1-3-5-8/h3-12,14-16,20-21,32,40H,13,17-19,22-23H2,1-2H3,(H,38,39);1-5H,6-7,9H2/t32-;/m1./s1. The number of nitrogens with zero attached hydrogens (tertiary/aromatic N) is 1. The maximum Gasteiger partial charge on any atom is 0.303 e. The minimum atomic E-state index is -0.911. The van der Waals surface area contributed by atoms with Crippen LogP contribution in [0.25, 0.3) is 23.1 Å². The predicted molar refractivity (Wildman–Crippen MR) is 210 cm³/mol. The van der Waals surface area contributed by atoms with Crippen LogP contribution in [0.3, 0.4) is 0 Å². The van der Waals surface area contributed by atoms with E-state index in [1.165, 1.54) is 11.1 Å². The molecule has 1 aliphatic carbocycles. The molecule has 1 heterocycles. The molecule has 0 saturated heterocycles. The van der Waals surface area contributed by atoms with Crippen LogP contribution in [0.5, 0.6) is 0 Å². The topological polar surface area (TPSA) is 96.4 Å². The lowest BCUT2D eigenvalue weighted by Crippen LogP contribution is -2.18. The first kappa shape index (κ1) is 37.3. The maximum atomic E-state index is 11.5. The second-order valence-electron chi connectivity index (χ2n) is 13.7. The van der Waals surface area contributed by atoms with Crippen LogP contribution < -0.4 is 5.73 Å². The normalized spacial score (nSPS) is 14.3. The van der Waals surface area contributed by atoms with Crippen molar-refractivity contribution in [1.82, 2.24) is 4.98 Å².